The standard InChI is InChI=1S/C16H13NO2S/c17-9-12-4-3-5-13(8-12)10-20-11-14-6-1-2-7-15(14)16(18)19/h1-8H,10-11H2,(H,18,19). The molecule has 3 nitrogen and oxygen atoms in total. The van der Waals surface area contributed by atoms with Crippen molar-refractivity contribution in [3.8, 4) is 6.07 Å². The first kappa shape index (κ1) is 14.2. The lowest BCUT2D eigenvalue weighted by molar-refractivity contribution is 0.0696. The minimum atomic E-state index is -0.896. The highest BCUT2D eigenvalue weighted by Gasteiger charge is 2.08. The van der Waals surface area contributed by atoms with Crippen molar-refractivity contribution in [3.05, 3.63) is 70.8 Å². The summed E-state index contributed by atoms with van der Waals surface area (Å²) < 4.78 is 0. The van der Waals surface area contributed by atoms with Crippen molar-refractivity contribution < 1.29 is 9.90 Å². The van der Waals surface area contributed by atoms with Crippen LogP contribution in [-0.4, -0.2) is 11.1 Å². The number of hydrogen-bond donors (Lipinski definition) is 1. The van der Waals surface area contributed by atoms with E-state index in [-0.39, 0.29) is 0 Å². The molecule has 0 aliphatic heterocycles. The second kappa shape index (κ2) is 6.78. The molecule has 0 aliphatic carbocycles. The Kier molecular flexibility index (Phi) is 4.80. The Hall–Kier alpha value is -2.25. The number of carboxylic acid groups (broad SMARTS) is 1. The highest BCUT2D eigenvalue weighted by Crippen LogP contribution is 2.21. The van der Waals surface area contributed by atoms with Gasteiger partial charge in [0.25, 0.3) is 0 Å². The smallest absolute Gasteiger partial charge is 0.335 e. The third kappa shape index (κ3) is 3.62. The zero-order valence-corrected chi connectivity index (χ0v) is 11.6. The summed E-state index contributed by atoms with van der Waals surface area (Å²) in [6.45, 7) is 0. The molecule has 0 aromatic heterocycles. The average molecular weight is 283 g/mol. The highest BCUT2D eigenvalue weighted by atomic mass is 32.2. The van der Waals surface area contributed by atoms with Gasteiger partial charge < -0.3 is 5.11 Å². The maximum Gasteiger partial charge on any atom is 0.335 e. The first-order valence-electron chi connectivity index (χ1n) is 6.08. The second-order valence-corrected chi connectivity index (χ2v) is 5.25. The Balaban J connectivity index is 2.00. The van der Waals surface area contributed by atoms with E-state index in [2.05, 4.69) is 6.07 Å². The van der Waals surface area contributed by atoms with Gasteiger partial charge in [0.2, 0.25) is 0 Å². The first-order valence-corrected chi connectivity index (χ1v) is 7.24. The molecule has 4 heteroatoms. The number of benzene rings is 2. The van der Waals surface area contributed by atoms with Crippen LogP contribution in [-0.2, 0) is 11.5 Å². The summed E-state index contributed by atoms with van der Waals surface area (Å²) in [6, 6.07) is 16.6. The number of nitrogens with zero attached hydrogens (tertiary/aromatic N) is 1. The quantitative estimate of drug-likeness (QED) is 0.909. The normalized spacial score (nSPS) is 9.95. The van der Waals surface area contributed by atoms with Gasteiger partial charge in [0.1, 0.15) is 0 Å². The summed E-state index contributed by atoms with van der Waals surface area (Å²) in [5.74, 6) is 0.496. The fourth-order valence-electron chi connectivity index (χ4n) is 1.86. The number of carboxylic acids is 1. The Labute approximate surface area is 121 Å². The van der Waals surface area contributed by atoms with Crippen LogP contribution in [0.5, 0.6) is 0 Å². The van der Waals surface area contributed by atoms with Gasteiger partial charge in [-0.25, -0.2) is 4.79 Å². The zero-order valence-electron chi connectivity index (χ0n) is 10.7. The minimum Gasteiger partial charge on any atom is -0.478 e. The maximum atomic E-state index is 11.1. The van der Waals surface area contributed by atoms with Crippen molar-refractivity contribution in [2.75, 3.05) is 0 Å². The van der Waals surface area contributed by atoms with Gasteiger partial charge in [0.15, 0.2) is 0 Å². The van der Waals surface area contributed by atoms with Gasteiger partial charge in [-0.15, -0.1) is 0 Å². The summed E-state index contributed by atoms with van der Waals surface area (Å²) in [5, 5.41) is 17.9. The van der Waals surface area contributed by atoms with E-state index >= 15 is 0 Å². The number of thioether (sulfide) groups is 1. The van der Waals surface area contributed by atoms with Crippen LogP contribution < -0.4 is 0 Å². The average Bonchev–Trinajstić information content (AvgIpc) is 2.48. The van der Waals surface area contributed by atoms with E-state index in [1.54, 1.807) is 30.0 Å². The Morgan fingerprint density at radius 1 is 1.15 bits per heavy atom. The van der Waals surface area contributed by atoms with Crippen molar-refractivity contribution in [1.82, 2.24) is 0 Å². The summed E-state index contributed by atoms with van der Waals surface area (Å²) in [4.78, 5) is 11.1. The van der Waals surface area contributed by atoms with Crippen LogP contribution in [0.15, 0.2) is 48.5 Å². The number of rotatable bonds is 5. The third-order valence-electron chi connectivity index (χ3n) is 2.83. The predicted octanol–water partition coefficient (Wildman–Crippen LogP) is 3.69. The van der Waals surface area contributed by atoms with Crippen LogP contribution in [0.1, 0.15) is 27.0 Å². The SMILES string of the molecule is N#Cc1cccc(CSCc2ccccc2C(=O)O)c1. The van der Waals surface area contributed by atoms with Gasteiger partial charge in [-0.2, -0.15) is 17.0 Å². The molecule has 0 bridgehead atoms. The lowest BCUT2D eigenvalue weighted by atomic mass is 10.1. The molecule has 0 aliphatic rings. The molecule has 0 saturated heterocycles. The molecule has 0 unspecified atom stereocenters. The largest absolute Gasteiger partial charge is 0.478 e. The summed E-state index contributed by atoms with van der Waals surface area (Å²) >= 11 is 1.64. The predicted molar refractivity (Wildman–Crippen MR) is 79.6 cm³/mol. The van der Waals surface area contributed by atoms with Crippen molar-refractivity contribution in [1.29, 1.82) is 5.26 Å². The van der Waals surface area contributed by atoms with Crippen LogP contribution >= 0.6 is 11.8 Å². The molecule has 2 aromatic rings. The van der Waals surface area contributed by atoms with E-state index in [1.807, 2.05) is 30.3 Å². The maximum absolute atomic E-state index is 11.1. The topological polar surface area (TPSA) is 61.1 Å². The van der Waals surface area contributed by atoms with Crippen molar-refractivity contribution in [3.63, 3.8) is 0 Å². The molecular formula is C16H13NO2S. The van der Waals surface area contributed by atoms with E-state index < -0.39 is 5.97 Å². The molecule has 100 valence electrons. The van der Waals surface area contributed by atoms with Crippen molar-refractivity contribution in [2.24, 2.45) is 0 Å². The fraction of sp³-hybridized carbons (Fsp3) is 0.125. The van der Waals surface area contributed by atoms with Gasteiger partial charge in [-0.05, 0) is 29.3 Å². The molecule has 1 N–H and O–H groups in total. The van der Waals surface area contributed by atoms with Gasteiger partial charge in [-0.3, -0.25) is 0 Å². The number of nitriles is 1. The van der Waals surface area contributed by atoms with Crippen LogP contribution in [0.4, 0.5) is 0 Å². The molecule has 0 radical (unpaired) electrons. The van der Waals surface area contributed by atoms with Crippen molar-refractivity contribution in [2.45, 2.75) is 11.5 Å². The molecule has 0 spiro atoms. The van der Waals surface area contributed by atoms with Crippen LogP contribution in [0, 0.1) is 11.3 Å². The molecular weight excluding hydrogens is 270 g/mol. The van der Waals surface area contributed by atoms with E-state index in [4.69, 9.17) is 10.4 Å². The second-order valence-electron chi connectivity index (χ2n) is 4.27. The van der Waals surface area contributed by atoms with Crippen LogP contribution in [0.2, 0.25) is 0 Å². The Morgan fingerprint density at radius 3 is 2.70 bits per heavy atom. The van der Waals surface area contributed by atoms with Gasteiger partial charge >= 0.3 is 5.97 Å². The van der Waals surface area contributed by atoms with Crippen LogP contribution in [0.25, 0.3) is 0 Å². The highest BCUT2D eigenvalue weighted by molar-refractivity contribution is 7.97. The lowest BCUT2D eigenvalue weighted by Gasteiger charge is -2.06. The number of carbonyl (C=O) groups is 1. The molecule has 0 amide bonds. The molecule has 0 saturated carbocycles. The summed E-state index contributed by atoms with van der Waals surface area (Å²) in [5.41, 5.74) is 2.89. The van der Waals surface area contributed by atoms with Crippen LogP contribution in [0.3, 0.4) is 0 Å². The van der Waals surface area contributed by atoms with E-state index in [9.17, 15) is 4.79 Å². The third-order valence-corrected chi connectivity index (χ3v) is 3.88. The molecule has 0 heterocycles. The van der Waals surface area contributed by atoms with E-state index in [1.165, 1.54) is 0 Å². The Bertz CT molecular complexity index is 662. The number of hydrogen-bond acceptors (Lipinski definition) is 3. The molecule has 2 aromatic carbocycles. The van der Waals surface area contributed by atoms with Gasteiger partial charge in [0.05, 0.1) is 17.2 Å². The molecule has 0 fully saturated rings. The summed E-state index contributed by atoms with van der Waals surface area (Å²) in [6.07, 6.45) is 0. The first-order chi connectivity index (χ1) is 9.70. The molecule has 2 rings (SSSR count). The van der Waals surface area contributed by atoms with E-state index in [0.717, 1.165) is 16.9 Å². The zero-order chi connectivity index (χ0) is 14.4. The van der Waals surface area contributed by atoms with Gasteiger partial charge in [-0.1, -0.05) is 30.3 Å². The summed E-state index contributed by atoms with van der Waals surface area (Å²) in [7, 11) is 0. The monoisotopic (exact) mass is 283 g/mol. The fourth-order valence-corrected chi connectivity index (χ4v) is 2.85. The lowest BCUT2D eigenvalue weighted by Crippen LogP contribution is -2.01. The Morgan fingerprint density at radius 2 is 1.95 bits per heavy atom. The van der Waals surface area contributed by atoms with Crippen molar-refractivity contribution >= 4 is 17.7 Å². The molecule has 0 atom stereocenters. The number of aromatic carboxylic acids is 1. The minimum absolute atomic E-state index is 0.353. The van der Waals surface area contributed by atoms with E-state index in [0.29, 0.717) is 16.9 Å². The van der Waals surface area contributed by atoms with Gasteiger partial charge in [0, 0.05) is 11.5 Å². The molecule has 20 heavy (non-hydrogen) atoms.